The summed E-state index contributed by atoms with van der Waals surface area (Å²) in [4.78, 5) is 13.1. The minimum atomic E-state index is -0.653. The van der Waals surface area contributed by atoms with Gasteiger partial charge in [-0.1, -0.05) is 30.3 Å². The highest BCUT2D eigenvalue weighted by Gasteiger charge is 2.32. The Hall–Kier alpha value is -1.30. The number of nitrogens with two attached hydrogens (primary N) is 1. The lowest BCUT2D eigenvalue weighted by atomic mass is 10.2. The fourth-order valence-electron chi connectivity index (χ4n) is 1.77. The third-order valence-electron chi connectivity index (χ3n) is 2.80. The van der Waals surface area contributed by atoms with Gasteiger partial charge in [0.25, 0.3) is 0 Å². The normalized spacial score (nSPS) is 22.4. The molecule has 0 unspecified atom stereocenters. The molecule has 1 aromatic carbocycles. The summed E-state index contributed by atoms with van der Waals surface area (Å²) in [6, 6.07) is 9.08. The van der Waals surface area contributed by atoms with Crippen molar-refractivity contribution in [1.29, 1.82) is 0 Å². The number of β-amino-alcohol motifs (C(OH)–C–C–N with tert-alkyl or cyclic N) is 1. The van der Waals surface area contributed by atoms with Crippen molar-refractivity contribution < 1.29 is 14.6 Å². The van der Waals surface area contributed by atoms with Crippen LogP contribution in [0.25, 0.3) is 0 Å². The molecular formula is C12H17ClN2O3. The van der Waals surface area contributed by atoms with Crippen LogP contribution in [0.15, 0.2) is 30.3 Å². The monoisotopic (exact) mass is 272 g/mol. The number of ether oxygens (including phenoxy) is 1. The number of hydrogen-bond acceptors (Lipinski definition) is 4. The molecule has 1 heterocycles. The van der Waals surface area contributed by atoms with Crippen LogP contribution in [0.1, 0.15) is 5.56 Å². The van der Waals surface area contributed by atoms with Crippen LogP contribution >= 0.6 is 12.4 Å². The highest BCUT2D eigenvalue weighted by Crippen LogP contribution is 2.10. The van der Waals surface area contributed by atoms with Crippen LogP contribution < -0.4 is 5.73 Å². The highest BCUT2D eigenvalue weighted by atomic mass is 35.5. The molecule has 0 aromatic heterocycles. The lowest BCUT2D eigenvalue weighted by molar-refractivity contribution is 0.0971. The molecule has 100 valence electrons. The van der Waals surface area contributed by atoms with Gasteiger partial charge in [-0.3, -0.25) is 0 Å². The number of nitrogens with zero attached hydrogens (tertiary/aromatic N) is 1. The van der Waals surface area contributed by atoms with Gasteiger partial charge in [0.05, 0.1) is 18.7 Å². The van der Waals surface area contributed by atoms with Crippen molar-refractivity contribution in [3.05, 3.63) is 35.9 Å². The molecule has 0 bridgehead atoms. The Morgan fingerprint density at radius 2 is 2.06 bits per heavy atom. The molecule has 1 fully saturated rings. The van der Waals surface area contributed by atoms with Crippen LogP contribution in [0.2, 0.25) is 0 Å². The summed E-state index contributed by atoms with van der Waals surface area (Å²) in [7, 11) is 0. The molecule has 1 aliphatic heterocycles. The van der Waals surface area contributed by atoms with Gasteiger partial charge >= 0.3 is 6.09 Å². The molecule has 1 amide bonds. The zero-order chi connectivity index (χ0) is 12.3. The van der Waals surface area contributed by atoms with Crippen LogP contribution in [-0.4, -0.2) is 41.3 Å². The first kappa shape index (κ1) is 14.8. The molecule has 6 heteroatoms. The molecular weight excluding hydrogens is 256 g/mol. The Morgan fingerprint density at radius 3 is 2.61 bits per heavy atom. The van der Waals surface area contributed by atoms with Gasteiger partial charge in [-0.05, 0) is 5.56 Å². The molecule has 1 aliphatic rings. The summed E-state index contributed by atoms with van der Waals surface area (Å²) in [6.07, 6.45) is -1.08. The maximum absolute atomic E-state index is 11.6. The van der Waals surface area contributed by atoms with Crippen LogP contribution in [0.4, 0.5) is 4.79 Å². The number of likely N-dealkylation sites (tertiary alicyclic amines) is 1. The minimum absolute atomic E-state index is 0. The molecule has 5 nitrogen and oxygen atoms in total. The summed E-state index contributed by atoms with van der Waals surface area (Å²) in [5, 5.41) is 9.43. The highest BCUT2D eigenvalue weighted by molar-refractivity contribution is 5.85. The maximum Gasteiger partial charge on any atom is 0.410 e. The van der Waals surface area contributed by atoms with Crippen molar-refractivity contribution in [2.75, 3.05) is 13.1 Å². The van der Waals surface area contributed by atoms with Gasteiger partial charge in [0, 0.05) is 6.54 Å². The van der Waals surface area contributed by atoms with Crippen molar-refractivity contribution in [2.24, 2.45) is 5.73 Å². The van der Waals surface area contributed by atoms with Crippen molar-refractivity contribution in [3.63, 3.8) is 0 Å². The topological polar surface area (TPSA) is 75.8 Å². The fourth-order valence-corrected chi connectivity index (χ4v) is 1.77. The van der Waals surface area contributed by atoms with Crippen molar-refractivity contribution in [1.82, 2.24) is 4.90 Å². The molecule has 0 spiro atoms. The summed E-state index contributed by atoms with van der Waals surface area (Å²) in [6.45, 7) is 0.824. The molecule has 1 saturated heterocycles. The van der Waals surface area contributed by atoms with E-state index in [0.29, 0.717) is 6.54 Å². The average molecular weight is 273 g/mol. The number of hydrogen-bond donors (Lipinski definition) is 2. The molecule has 3 N–H and O–H groups in total. The zero-order valence-corrected chi connectivity index (χ0v) is 10.7. The smallest absolute Gasteiger partial charge is 0.410 e. The lowest BCUT2D eigenvalue weighted by Gasteiger charge is -2.15. The van der Waals surface area contributed by atoms with E-state index < -0.39 is 12.2 Å². The van der Waals surface area contributed by atoms with Gasteiger partial charge in [0.15, 0.2) is 0 Å². The number of aliphatic hydroxyl groups excluding tert-OH is 1. The van der Waals surface area contributed by atoms with Crippen molar-refractivity contribution in [3.8, 4) is 0 Å². The number of halogens is 1. The molecule has 0 radical (unpaired) electrons. The van der Waals surface area contributed by atoms with Gasteiger partial charge in [0.1, 0.15) is 6.61 Å². The molecule has 18 heavy (non-hydrogen) atoms. The van der Waals surface area contributed by atoms with Crippen LogP contribution in [0.3, 0.4) is 0 Å². The summed E-state index contributed by atoms with van der Waals surface area (Å²) >= 11 is 0. The molecule has 0 saturated carbocycles. The first-order chi connectivity index (χ1) is 8.16. The van der Waals surface area contributed by atoms with E-state index in [0.717, 1.165) is 5.56 Å². The number of amides is 1. The first-order valence-corrected chi connectivity index (χ1v) is 5.56. The standard InChI is InChI=1S/C12H16N2O3.ClH/c13-10-6-14(7-11(10)15)12(16)17-8-9-4-2-1-3-5-9;/h1-5,10-11,15H,6-8,13H2;1H/t10-,11-;/m0./s1. The van der Waals surface area contributed by atoms with E-state index in [1.165, 1.54) is 4.90 Å². The van der Waals surface area contributed by atoms with E-state index in [1.807, 2.05) is 30.3 Å². The zero-order valence-electron chi connectivity index (χ0n) is 9.86. The van der Waals surface area contributed by atoms with E-state index in [2.05, 4.69) is 0 Å². The van der Waals surface area contributed by atoms with Gasteiger partial charge in [-0.2, -0.15) is 0 Å². The lowest BCUT2D eigenvalue weighted by Crippen LogP contribution is -2.33. The molecule has 2 rings (SSSR count). The summed E-state index contributed by atoms with van der Waals surface area (Å²) in [5.74, 6) is 0. The Kier molecular flexibility index (Phi) is 5.40. The Morgan fingerprint density at radius 1 is 1.39 bits per heavy atom. The van der Waals surface area contributed by atoms with Crippen LogP contribution in [-0.2, 0) is 11.3 Å². The fraction of sp³-hybridized carbons (Fsp3) is 0.417. The van der Waals surface area contributed by atoms with Crippen molar-refractivity contribution >= 4 is 18.5 Å². The van der Waals surface area contributed by atoms with Gasteiger partial charge in [-0.25, -0.2) is 4.79 Å². The van der Waals surface area contributed by atoms with Gasteiger partial charge in [0.2, 0.25) is 0 Å². The second-order valence-corrected chi connectivity index (χ2v) is 4.18. The SMILES string of the molecule is Cl.N[C@H]1CN(C(=O)OCc2ccccc2)C[C@@H]1O. The number of benzene rings is 1. The number of aliphatic hydroxyl groups is 1. The largest absolute Gasteiger partial charge is 0.445 e. The van der Waals surface area contributed by atoms with E-state index in [1.54, 1.807) is 0 Å². The van der Waals surface area contributed by atoms with E-state index in [4.69, 9.17) is 10.5 Å². The second kappa shape index (κ2) is 6.58. The average Bonchev–Trinajstić information content (AvgIpc) is 2.68. The quantitative estimate of drug-likeness (QED) is 0.833. The van der Waals surface area contributed by atoms with Crippen molar-refractivity contribution in [2.45, 2.75) is 18.8 Å². The Labute approximate surface area is 112 Å². The van der Waals surface area contributed by atoms with Crippen LogP contribution in [0, 0.1) is 0 Å². The predicted molar refractivity (Wildman–Crippen MR) is 69.4 cm³/mol. The van der Waals surface area contributed by atoms with E-state index in [9.17, 15) is 9.90 Å². The van der Waals surface area contributed by atoms with E-state index >= 15 is 0 Å². The molecule has 1 aromatic rings. The number of rotatable bonds is 2. The summed E-state index contributed by atoms with van der Waals surface area (Å²) in [5.41, 5.74) is 6.55. The second-order valence-electron chi connectivity index (χ2n) is 4.18. The van der Waals surface area contributed by atoms with Crippen LogP contribution in [0.5, 0.6) is 0 Å². The summed E-state index contributed by atoms with van der Waals surface area (Å²) < 4.78 is 5.13. The predicted octanol–water partition coefficient (Wildman–Crippen LogP) is 0.749. The molecule has 0 aliphatic carbocycles. The van der Waals surface area contributed by atoms with E-state index in [-0.39, 0.29) is 31.6 Å². The van der Waals surface area contributed by atoms with Gasteiger partial charge < -0.3 is 20.5 Å². The maximum atomic E-state index is 11.6. The number of carbonyl (C=O) groups excluding carboxylic acids is 1. The minimum Gasteiger partial charge on any atom is -0.445 e. The Balaban J connectivity index is 0.00000162. The third kappa shape index (κ3) is 3.60. The van der Waals surface area contributed by atoms with Gasteiger partial charge in [-0.15, -0.1) is 12.4 Å². The molecule has 2 atom stereocenters. The number of carbonyl (C=O) groups is 1. The Bertz CT molecular complexity index is 378. The first-order valence-electron chi connectivity index (χ1n) is 5.56. The third-order valence-corrected chi connectivity index (χ3v) is 2.80.